The summed E-state index contributed by atoms with van der Waals surface area (Å²) in [4.78, 5) is 25.2. The van der Waals surface area contributed by atoms with E-state index in [0.717, 1.165) is 44.9 Å². The summed E-state index contributed by atoms with van der Waals surface area (Å²) in [5.74, 6) is -0.361. The van der Waals surface area contributed by atoms with E-state index < -0.39 is 6.04 Å². The molecule has 1 unspecified atom stereocenters. The molecule has 1 aliphatic rings. The number of rotatable bonds is 15. The van der Waals surface area contributed by atoms with Crippen molar-refractivity contribution in [1.29, 1.82) is 0 Å². The predicted octanol–water partition coefficient (Wildman–Crippen LogP) is 5.94. The molecule has 2 N–H and O–H groups in total. The number of allylic oxidation sites excluding steroid dienone is 12. The molecule has 0 aromatic carbocycles. The molecule has 4 nitrogen and oxygen atoms in total. The van der Waals surface area contributed by atoms with E-state index in [-0.39, 0.29) is 11.8 Å². The number of hydrogen-bond acceptors (Lipinski definition) is 2. The average Bonchev–Trinajstić information content (AvgIpc) is 3.26. The van der Waals surface area contributed by atoms with Gasteiger partial charge in [-0.05, 0) is 57.8 Å². The quantitative estimate of drug-likeness (QED) is 0.331. The van der Waals surface area contributed by atoms with Gasteiger partial charge < -0.3 is 10.6 Å². The Hall–Kier alpha value is -2.62. The van der Waals surface area contributed by atoms with Crippen LogP contribution in [-0.4, -0.2) is 29.3 Å². The van der Waals surface area contributed by atoms with Gasteiger partial charge in [0.25, 0.3) is 0 Å². The van der Waals surface area contributed by atoms with Crippen LogP contribution in [0.2, 0.25) is 0 Å². The number of carbonyl (C=O) groups is 2. The molecule has 0 aromatic rings. The van der Waals surface area contributed by atoms with Crippen molar-refractivity contribution in [3.63, 3.8) is 0 Å². The summed E-state index contributed by atoms with van der Waals surface area (Å²) in [6, 6.07) is -0.405. The molecule has 0 saturated carbocycles. The summed E-state index contributed by atoms with van der Waals surface area (Å²) < 4.78 is 0. The molecule has 0 radical (unpaired) electrons. The highest BCUT2D eigenvalue weighted by atomic mass is 16.2. The lowest BCUT2D eigenvalue weighted by Gasteiger charge is -2.21. The van der Waals surface area contributed by atoms with Gasteiger partial charge in [-0.15, -0.1) is 0 Å². The van der Waals surface area contributed by atoms with Crippen LogP contribution in [0.3, 0.4) is 0 Å². The van der Waals surface area contributed by atoms with Crippen LogP contribution in [0.1, 0.15) is 71.1 Å². The maximum Gasteiger partial charge on any atom is 0.240 e. The van der Waals surface area contributed by atoms with E-state index in [0.29, 0.717) is 25.8 Å². The first-order chi connectivity index (χ1) is 15.2. The first-order valence-electron chi connectivity index (χ1n) is 11.7. The average molecular weight is 425 g/mol. The van der Waals surface area contributed by atoms with Gasteiger partial charge >= 0.3 is 0 Å². The monoisotopic (exact) mass is 424 g/mol. The number of amides is 2. The summed E-state index contributed by atoms with van der Waals surface area (Å²) in [5, 5.41) is 0. The molecule has 0 aromatic heterocycles. The third-order valence-electron chi connectivity index (χ3n) is 5.02. The zero-order valence-electron chi connectivity index (χ0n) is 19.1. The Morgan fingerprint density at radius 3 is 1.68 bits per heavy atom. The number of likely N-dealkylation sites (tertiary alicyclic amines) is 1. The van der Waals surface area contributed by atoms with Gasteiger partial charge in [0.15, 0.2) is 0 Å². The molecule has 1 saturated heterocycles. The highest BCUT2D eigenvalue weighted by Gasteiger charge is 2.31. The zero-order valence-corrected chi connectivity index (χ0v) is 19.1. The second-order valence-corrected chi connectivity index (χ2v) is 7.60. The van der Waals surface area contributed by atoms with Gasteiger partial charge in [0.1, 0.15) is 6.04 Å². The van der Waals surface area contributed by atoms with Crippen LogP contribution >= 0.6 is 0 Å². The van der Waals surface area contributed by atoms with Crippen LogP contribution < -0.4 is 5.73 Å². The maximum atomic E-state index is 12.2. The molecular weight excluding hydrogens is 384 g/mol. The van der Waals surface area contributed by atoms with Crippen molar-refractivity contribution in [2.75, 3.05) is 6.54 Å². The van der Waals surface area contributed by atoms with Crippen molar-refractivity contribution in [3.05, 3.63) is 72.9 Å². The molecular formula is C27H40N2O2. The Morgan fingerprint density at radius 2 is 1.23 bits per heavy atom. The minimum atomic E-state index is -0.405. The van der Waals surface area contributed by atoms with Gasteiger partial charge in [0.2, 0.25) is 11.8 Å². The molecule has 0 spiro atoms. The van der Waals surface area contributed by atoms with Gasteiger partial charge in [0, 0.05) is 13.0 Å². The van der Waals surface area contributed by atoms with Gasteiger partial charge in [-0.2, -0.15) is 0 Å². The molecule has 4 heteroatoms. The molecule has 2 amide bonds. The maximum absolute atomic E-state index is 12.2. The van der Waals surface area contributed by atoms with Gasteiger partial charge in [-0.1, -0.05) is 79.8 Å². The van der Waals surface area contributed by atoms with Crippen LogP contribution in [0.15, 0.2) is 72.9 Å². The van der Waals surface area contributed by atoms with Crippen molar-refractivity contribution in [3.8, 4) is 0 Å². The highest BCUT2D eigenvalue weighted by molar-refractivity contribution is 5.87. The second kappa shape index (κ2) is 18.2. The molecule has 1 rings (SSSR count). The summed E-state index contributed by atoms with van der Waals surface area (Å²) in [6.07, 6.45) is 34.6. The standard InChI is InChI=1S/C27H40N2O2/c1-2-3-4-5-6-7-8-9-10-11-12-13-14-15-16-17-18-19-20-23-26(30)29-24-21-22-25(29)27(28)31/h3-4,6-7,9-10,12-13,15-16,18-19,25H,2,5,8,11,14,17,20-24H2,1H3,(H2,28,31)/b4-3-,7-6-,10-9-,13-12-,16-15-,19-18-. The Labute approximate surface area is 189 Å². The zero-order chi connectivity index (χ0) is 22.6. The fraction of sp³-hybridized carbons (Fsp3) is 0.481. The first kappa shape index (κ1) is 26.4. The molecule has 1 atom stereocenters. The smallest absolute Gasteiger partial charge is 0.240 e. The van der Waals surface area contributed by atoms with Crippen LogP contribution in [-0.2, 0) is 9.59 Å². The fourth-order valence-corrected chi connectivity index (χ4v) is 3.35. The number of nitrogens with two attached hydrogens (primary N) is 1. The molecule has 0 bridgehead atoms. The molecule has 1 aliphatic heterocycles. The van der Waals surface area contributed by atoms with Crippen LogP contribution in [0.5, 0.6) is 0 Å². The van der Waals surface area contributed by atoms with E-state index in [2.05, 4.69) is 73.8 Å². The summed E-state index contributed by atoms with van der Waals surface area (Å²) in [6.45, 7) is 2.80. The summed E-state index contributed by atoms with van der Waals surface area (Å²) in [7, 11) is 0. The van der Waals surface area contributed by atoms with E-state index in [9.17, 15) is 9.59 Å². The summed E-state index contributed by atoms with van der Waals surface area (Å²) >= 11 is 0. The van der Waals surface area contributed by atoms with Crippen LogP contribution in [0.25, 0.3) is 0 Å². The van der Waals surface area contributed by atoms with Gasteiger partial charge in [-0.25, -0.2) is 0 Å². The van der Waals surface area contributed by atoms with E-state index in [1.165, 1.54) is 0 Å². The van der Waals surface area contributed by atoms with E-state index in [4.69, 9.17) is 5.73 Å². The van der Waals surface area contributed by atoms with Gasteiger partial charge in [0.05, 0.1) is 0 Å². The topological polar surface area (TPSA) is 63.4 Å². The van der Waals surface area contributed by atoms with Crippen molar-refractivity contribution in [1.82, 2.24) is 4.90 Å². The first-order valence-corrected chi connectivity index (χ1v) is 11.7. The lowest BCUT2D eigenvalue weighted by Crippen LogP contribution is -2.43. The number of carbonyl (C=O) groups excluding carboxylic acids is 2. The molecule has 1 heterocycles. The molecule has 1 fully saturated rings. The largest absolute Gasteiger partial charge is 0.368 e. The van der Waals surface area contributed by atoms with Crippen LogP contribution in [0.4, 0.5) is 0 Å². The SMILES string of the molecule is CC/C=C\C/C=C\C/C=C\C/C=C\C/C=C\C/C=C\CCC(=O)N1CCCC1C(N)=O. The Bertz CT molecular complexity index is 683. The highest BCUT2D eigenvalue weighted by Crippen LogP contribution is 2.18. The van der Waals surface area contributed by atoms with Gasteiger partial charge in [-0.3, -0.25) is 9.59 Å². The molecule has 170 valence electrons. The fourth-order valence-electron chi connectivity index (χ4n) is 3.35. The second-order valence-electron chi connectivity index (χ2n) is 7.60. The third-order valence-corrected chi connectivity index (χ3v) is 5.02. The Balaban J connectivity index is 2.03. The van der Waals surface area contributed by atoms with Crippen molar-refractivity contribution in [2.45, 2.75) is 77.2 Å². The Kier molecular flexibility index (Phi) is 15.5. The summed E-state index contributed by atoms with van der Waals surface area (Å²) in [5.41, 5.74) is 5.36. The van der Waals surface area contributed by atoms with Crippen molar-refractivity contribution in [2.24, 2.45) is 5.73 Å². The lowest BCUT2D eigenvalue weighted by molar-refractivity contribution is -0.137. The van der Waals surface area contributed by atoms with Crippen molar-refractivity contribution >= 4 is 11.8 Å². The third kappa shape index (κ3) is 13.3. The van der Waals surface area contributed by atoms with E-state index in [1.807, 2.05) is 6.08 Å². The minimum Gasteiger partial charge on any atom is -0.368 e. The molecule has 31 heavy (non-hydrogen) atoms. The van der Waals surface area contributed by atoms with E-state index >= 15 is 0 Å². The normalized spacial score (nSPS) is 17.7. The predicted molar refractivity (Wildman–Crippen MR) is 131 cm³/mol. The van der Waals surface area contributed by atoms with Crippen LogP contribution in [0, 0.1) is 0 Å². The van der Waals surface area contributed by atoms with Crippen molar-refractivity contribution < 1.29 is 9.59 Å². The van der Waals surface area contributed by atoms with E-state index in [1.54, 1.807) is 4.90 Å². The number of nitrogens with zero attached hydrogens (tertiary/aromatic N) is 1. The Morgan fingerprint density at radius 1 is 0.774 bits per heavy atom. The minimum absolute atomic E-state index is 0.0285. The molecule has 0 aliphatic carbocycles. The number of primary amides is 1. The number of hydrogen-bond donors (Lipinski definition) is 1. The lowest BCUT2D eigenvalue weighted by atomic mass is 10.2.